The van der Waals surface area contributed by atoms with E-state index >= 15 is 0 Å². The van der Waals surface area contributed by atoms with Crippen LogP contribution >= 0.6 is 0 Å². The van der Waals surface area contributed by atoms with Crippen LogP contribution in [0, 0.1) is 23.7 Å². The van der Waals surface area contributed by atoms with E-state index in [4.69, 9.17) is 15.3 Å². The Morgan fingerprint density at radius 2 is 1.08 bits per heavy atom. The Hall–Kier alpha value is -1.00. The molecule has 0 aliphatic carbocycles. The highest BCUT2D eigenvalue weighted by atomic mass is 16.3. The SMILES string of the molecule is CCC#CCO.OCC#CCO. The Morgan fingerprint density at radius 3 is 1.25 bits per heavy atom. The quantitative estimate of drug-likeness (QED) is 0.424. The molecule has 0 amide bonds. The average Bonchev–Trinajstić information content (AvgIpc) is 2.12. The summed E-state index contributed by atoms with van der Waals surface area (Å²) < 4.78 is 0. The van der Waals surface area contributed by atoms with Crippen molar-refractivity contribution >= 4 is 0 Å². The fourth-order valence-corrected chi connectivity index (χ4v) is 0.293. The zero-order chi connectivity index (χ0) is 9.66. The van der Waals surface area contributed by atoms with Gasteiger partial charge in [-0.15, -0.1) is 5.92 Å². The number of rotatable bonds is 0. The lowest BCUT2D eigenvalue weighted by atomic mass is 10.5. The van der Waals surface area contributed by atoms with E-state index in [-0.39, 0.29) is 19.8 Å². The number of aliphatic hydroxyl groups excluding tert-OH is 3. The second-order valence-electron chi connectivity index (χ2n) is 1.54. The van der Waals surface area contributed by atoms with Gasteiger partial charge in [-0.05, 0) is 0 Å². The summed E-state index contributed by atoms with van der Waals surface area (Å²) in [6.07, 6.45) is 0.834. The van der Waals surface area contributed by atoms with Crippen molar-refractivity contribution in [3.63, 3.8) is 0 Å². The number of hydrogen-bond acceptors (Lipinski definition) is 3. The van der Waals surface area contributed by atoms with Gasteiger partial charge in [-0.2, -0.15) is 0 Å². The van der Waals surface area contributed by atoms with Gasteiger partial charge in [0, 0.05) is 6.42 Å². The van der Waals surface area contributed by atoms with Gasteiger partial charge in [-0.25, -0.2) is 0 Å². The minimum atomic E-state index is -0.166. The molecule has 0 unspecified atom stereocenters. The molecule has 0 aromatic heterocycles. The van der Waals surface area contributed by atoms with Crippen molar-refractivity contribution in [2.45, 2.75) is 13.3 Å². The lowest BCUT2D eigenvalue weighted by molar-refractivity contribution is 0.342. The highest BCUT2D eigenvalue weighted by Gasteiger charge is 1.57. The molecule has 0 heterocycles. The minimum absolute atomic E-state index is 0.00611. The van der Waals surface area contributed by atoms with Crippen LogP contribution < -0.4 is 0 Å². The molecule has 0 radical (unpaired) electrons. The Balaban J connectivity index is 0. The first-order valence-corrected chi connectivity index (χ1v) is 3.57. The maximum absolute atomic E-state index is 8.02. The second kappa shape index (κ2) is 16.5. The van der Waals surface area contributed by atoms with Gasteiger partial charge in [-0.3, -0.25) is 0 Å². The smallest absolute Gasteiger partial charge is 0.104 e. The maximum atomic E-state index is 8.02. The van der Waals surface area contributed by atoms with Crippen LogP contribution in [0.4, 0.5) is 0 Å². The van der Waals surface area contributed by atoms with Crippen LogP contribution in [-0.4, -0.2) is 35.1 Å². The van der Waals surface area contributed by atoms with Gasteiger partial charge in [0.1, 0.15) is 19.8 Å². The van der Waals surface area contributed by atoms with Crippen LogP contribution in [0.2, 0.25) is 0 Å². The van der Waals surface area contributed by atoms with E-state index in [1.165, 1.54) is 0 Å². The van der Waals surface area contributed by atoms with E-state index in [0.29, 0.717) is 0 Å². The molecule has 0 bridgehead atoms. The molecule has 0 rings (SSSR count). The summed E-state index contributed by atoms with van der Waals surface area (Å²) in [6.45, 7) is 1.61. The topological polar surface area (TPSA) is 60.7 Å². The summed E-state index contributed by atoms with van der Waals surface area (Å²) in [4.78, 5) is 0. The van der Waals surface area contributed by atoms with Gasteiger partial charge in [0.15, 0.2) is 0 Å². The van der Waals surface area contributed by atoms with E-state index in [1.54, 1.807) is 0 Å². The van der Waals surface area contributed by atoms with E-state index < -0.39 is 0 Å². The first-order valence-electron chi connectivity index (χ1n) is 3.57. The Bertz CT molecular complexity index is 139. The van der Waals surface area contributed by atoms with Crippen molar-refractivity contribution in [3.05, 3.63) is 0 Å². The molecule has 3 nitrogen and oxygen atoms in total. The first-order chi connectivity index (χ1) is 5.83. The molecule has 0 spiro atoms. The van der Waals surface area contributed by atoms with Crippen LogP contribution in [0.3, 0.4) is 0 Å². The molecular weight excluding hydrogens is 156 g/mol. The largest absolute Gasteiger partial charge is 0.384 e. The van der Waals surface area contributed by atoms with E-state index in [0.717, 1.165) is 6.42 Å². The zero-order valence-corrected chi connectivity index (χ0v) is 7.17. The third kappa shape index (κ3) is 23.0. The van der Waals surface area contributed by atoms with Crippen LogP contribution in [0.15, 0.2) is 0 Å². The predicted octanol–water partition coefficient (Wildman–Crippen LogP) is -0.634. The summed E-state index contributed by atoms with van der Waals surface area (Å²) in [5.74, 6) is 9.71. The van der Waals surface area contributed by atoms with E-state index in [9.17, 15) is 0 Å². The van der Waals surface area contributed by atoms with Crippen LogP contribution in [0.1, 0.15) is 13.3 Å². The molecule has 68 valence electrons. The minimum Gasteiger partial charge on any atom is -0.384 e. The van der Waals surface area contributed by atoms with Crippen LogP contribution in [0.5, 0.6) is 0 Å². The normalized spacial score (nSPS) is 6.33. The number of aliphatic hydroxyl groups is 3. The Morgan fingerprint density at radius 1 is 0.750 bits per heavy atom. The summed E-state index contributed by atoms with van der Waals surface area (Å²) in [5.41, 5.74) is 0. The molecule has 0 aromatic rings. The molecule has 3 N–H and O–H groups in total. The predicted molar refractivity (Wildman–Crippen MR) is 47.1 cm³/mol. The molecule has 0 aliphatic rings. The molecule has 0 fully saturated rings. The fraction of sp³-hybridized carbons (Fsp3) is 0.556. The van der Waals surface area contributed by atoms with Crippen molar-refractivity contribution in [2.24, 2.45) is 0 Å². The lowest BCUT2D eigenvalue weighted by Gasteiger charge is -1.66. The standard InChI is InChI=1S/C5H8O.C4H6O2/c1-2-3-4-5-6;5-3-1-2-4-6/h6H,2,5H2,1H3;5-6H,3-4H2. The lowest BCUT2D eigenvalue weighted by Crippen LogP contribution is -1.74. The van der Waals surface area contributed by atoms with Gasteiger partial charge < -0.3 is 15.3 Å². The molecule has 0 aliphatic heterocycles. The van der Waals surface area contributed by atoms with Crippen molar-refractivity contribution in [1.82, 2.24) is 0 Å². The van der Waals surface area contributed by atoms with Crippen molar-refractivity contribution < 1.29 is 15.3 Å². The van der Waals surface area contributed by atoms with Crippen molar-refractivity contribution in [2.75, 3.05) is 19.8 Å². The van der Waals surface area contributed by atoms with Gasteiger partial charge in [0.2, 0.25) is 0 Å². The van der Waals surface area contributed by atoms with Gasteiger partial charge in [0.25, 0.3) is 0 Å². The molecular formula is C9H14O3. The molecule has 0 saturated heterocycles. The fourth-order valence-electron chi connectivity index (χ4n) is 0.293. The summed E-state index contributed by atoms with van der Waals surface area (Å²) in [5, 5.41) is 23.8. The van der Waals surface area contributed by atoms with Crippen molar-refractivity contribution in [1.29, 1.82) is 0 Å². The monoisotopic (exact) mass is 170 g/mol. The average molecular weight is 170 g/mol. The maximum Gasteiger partial charge on any atom is 0.104 e. The summed E-state index contributed by atoms with van der Waals surface area (Å²) >= 11 is 0. The molecule has 0 aromatic carbocycles. The molecule has 0 atom stereocenters. The van der Waals surface area contributed by atoms with E-state index in [1.807, 2.05) is 6.92 Å². The van der Waals surface area contributed by atoms with Gasteiger partial charge in [0.05, 0.1) is 0 Å². The molecule has 0 saturated carbocycles. The Kier molecular flexibility index (Phi) is 18.7. The third-order valence-corrected chi connectivity index (χ3v) is 0.664. The summed E-state index contributed by atoms with van der Waals surface area (Å²) in [7, 11) is 0. The van der Waals surface area contributed by atoms with Crippen molar-refractivity contribution in [3.8, 4) is 23.7 Å². The van der Waals surface area contributed by atoms with Crippen LogP contribution in [-0.2, 0) is 0 Å². The van der Waals surface area contributed by atoms with Gasteiger partial charge in [-0.1, -0.05) is 24.7 Å². The second-order valence-corrected chi connectivity index (χ2v) is 1.54. The number of hydrogen-bond donors (Lipinski definition) is 3. The van der Waals surface area contributed by atoms with Gasteiger partial charge >= 0.3 is 0 Å². The highest BCUT2D eigenvalue weighted by molar-refractivity contribution is 4.97. The van der Waals surface area contributed by atoms with Crippen LogP contribution in [0.25, 0.3) is 0 Å². The Labute approximate surface area is 73.0 Å². The first kappa shape index (κ1) is 13.6. The summed E-state index contributed by atoms with van der Waals surface area (Å²) in [6, 6.07) is 0. The third-order valence-electron chi connectivity index (χ3n) is 0.664. The zero-order valence-electron chi connectivity index (χ0n) is 7.17. The molecule has 3 heteroatoms. The highest BCUT2D eigenvalue weighted by Crippen LogP contribution is 1.63. The van der Waals surface area contributed by atoms with E-state index in [2.05, 4.69) is 23.7 Å². The molecule has 12 heavy (non-hydrogen) atoms.